The van der Waals surface area contributed by atoms with Gasteiger partial charge >= 0.3 is 0 Å². The smallest absolute Gasteiger partial charge is 0.118 e. The van der Waals surface area contributed by atoms with Crippen LogP contribution < -0.4 is 10.1 Å². The molecule has 120 valence electrons. The molecule has 1 aromatic rings. The first-order chi connectivity index (χ1) is 10.1. The fourth-order valence-electron chi connectivity index (χ4n) is 3.25. The highest BCUT2D eigenvalue weighted by molar-refractivity contribution is 5.31. The van der Waals surface area contributed by atoms with E-state index >= 15 is 0 Å². The van der Waals surface area contributed by atoms with E-state index in [1.807, 2.05) is 0 Å². The van der Waals surface area contributed by atoms with Crippen LogP contribution in [0.2, 0.25) is 0 Å². The van der Waals surface area contributed by atoms with Gasteiger partial charge in [0.05, 0.1) is 13.2 Å². The van der Waals surface area contributed by atoms with Gasteiger partial charge in [-0.1, -0.05) is 39.8 Å². The van der Waals surface area contributed by atoms with Crippen LogP contribution in [0.4, 0.5) is 0 Å². The van der Waals surface area contributed by atoms with Crippen LogP contribution in [0.15, 0.2) is 24.3 Å². The minimum Gasteiger partial charge on any atom is -0.497 e. The van der Waals surface area contributed by atoms with Crippen LogP contribution in [-0.4, -0.2) is 37.2 Å². The fraction of sp³-hybridized carbons (Fsp3) is 0.667. The number of hydrogen-bond donors (Lipinski definition) is 1. The van der Waals surface area contributed by atoms with Crippen molar-refractivity contribution in [2.75, 3.05) is 26.7 Å². The van der Waals surface area contributed by atoms with Crippen LogP contribution >= 0.6 is 0 Å². The van der Waals surface area contributed by atoms with Gasteiger partial charge in [0.15, 0.2) is 0 Å². The van der Waals surface area contributed by atoms with E-state index in [1.165, 1.54) is 5.56 Å². The average Bonchev–Trinajstić information content (AvgIpc) is 2.53. The summed E-state index contributed by atoms with van der Waals surface area (Å²) in [4.78, 5) is 2.56. The van der Waals surface area contributed by atoms with Gasteiger partial charge in [0.25, 0.3) is 0 Å². The zero-order chi connectivity index (χ0) is 15.9. The van der Waals surface area contributed by atoms with Gasteiger partial charge in [-0.25, -0.2) is 0 Å². The van der Waals surface area contributed by atoms with Crippen LogP contribution in [-0.2, 0) is 0 Å². The van der Waals surface area contributed by atoms with Crippen molar-refractivity contribution in [3.8, 4) is 5.75 Å². The maximum absolute atomic E-state index is 5.28. The fourth-order valence-corrected chi connectivity index (χ4v) is 3.25. The lowest BCUT2D eigenvalue weighted by Crippen LogP contribution is -2.54. The molecule has 0 amide bonds. The quantitative estimate of drug-likeness (QED) is 0.748. The molecule has 1 aromatic carbocycles. The highest BCUT2D eigenvalue weighted by Crippen LogP contribution is 2.34. The number of methoxy groups -OCH3 is 1. The van der Waals surface area contributed by atoms with Crippen molar-refractivity contribution in [1.82, 2.24) is 10.2 Å². The van der Waals surface area contributed by atoms with Gasteiger partial charge in [0.1, 0.15) is 5.75 Å². The Kier molecular flexibility index (Phi) is 7.20. The van der Waals surface area contributed by atoms with Crippen molar-refractivity contribution >= 4 is 0 Å². The van der Waals surface area contributed by atoms with Crippen LogP contribution in [0, 0.1) is 0 Å². The molecule has 0 aromatic heterocycles. The molecule has 0 radical (unpaired) electrons. The molecule has 0 aliphatic rings. The number of nitrogens with zero attached hydrogens (tertiary/aromatic N) is 1. The first-order valence-corrected chi connectivity index (χ1v) is 8.19. The first-order valence-electron chi connectivity index (χ1n) is 8.19. The molecule has 0 bridgehead atoms. The van der Waals surface area contributed by atoms with Crippen molar-refractivity contribution in [2.45, 2.75) is 52.6 Å². The number of likely N-dealkylation sites (N-methyl/N-ethyl adjacent to an activating group) is 2. The van der Waals surface area contributed by atoms with Gasteiger partial charge in [-0.3, -0.25) is 4.90 Å². The van der Waals surface area contributed by atoms with Crippen molar-refractivity contribution in [1.29, 1.82) is 0 Å². The topological polar surface area (TPSA) is 24.5 Å². The van der Waals surface area contributed by atoms with Crippen molar-refractivity contribution < 1.29 is 4.74 Å². The Hall–Kier alpha value is -1.06. The Morgan fingerprint density at radius 3 is 2.05 bits per heavy atom. The standard InChI is InChI=1S/C18H32N2O/c1-7-18(5,20(9-3)10-4)17(19-8-2)15-11-13-16(21-6)14-12-15/h11-14,17,19H,7-10H2,1-6H3. The van der Waals surface area contributed by atoms with Gasteiger partial charge in [-0.2, -0.15) is 0 Å². The summed E-state index contributed by atoms with van der Waals surface area (Å²) < 4.78 is 5.28. The second-order valence-corrected chi connectivity index (χ2v) is 5.65. The molecular weight excluding hydrogens is 260 g/mol. The highest BCUT2D eigenvalue weighted by atomic mass is 16.5. The largest absolute Gasteiger partial charge is 0.497 e. The normalized spacial score (nSPS) is 15.8. The molecule has 2 unspecified atom stereocenters. The minimum absolute atomic E-state index is 0.105. The Morgan fingerprint density at radius 2 is 1.67 bits per heavy atom. The summed E-state index contributed by atoms with van der Waals surface area (Å²) in [6.07, 6.45) is 1.11. The van der Waals surface area contributed by atoms with Crippen LogP contribution in [0.3, 0.4) is 0 Å². The third kappa shape index (κ3) is 3.98. The van der Waals surface area contributed by atoms with E-state index in [4.69, 9.17) is 4.74 Å². The summed E-state index contributed by atoms with van der Waals surface area (Å²) in [5.41, 5.74) is 1.43. The number of nitrogens with one attached hydrogen (secondary N) is 1. The van der Waals surface area contributed by atoms with Crippen molar-refractivity contribution in [2.24, 2.45) is 0 Å². The Labute approximate surface area is 130 Å². The van der Waals surface area contributed by atoms with Crippen molar-refractivity contribution in [3.05, 3.63) is 29.8 Å². The SMILES string of the molecule is CCNC(c1ccc(OC)cc1)C(C)(CC)N(CC)CC. The Morgan fingerprint density at radius 1 is 1.10 bits per heavy atom. The third-order valence-electron chi connectivity index (χ3n) is 4.68. The van der Waals surface area contributed by atoms with E-state index in [2.05, 4.69) is 69.1 Å². The predicted octanol–water partition coefficient (Wildman–Crippen LogP) is 3.86. The number of hydrogen-bond acceptors (Lipinski definition) is 3. The van der Waals surface area contributed by atoms with E-state index in [1.54, 1.807) is 7.11 Å². The lowest BCUT2D eigenvalue weighted by molar-refractivity contribution is 0.0704. The van der Waals surface area contributed by atoms with Gasteiger partial charge in [-0.15, -0.1) is 0 Å². The van der Waals surface area contributed by atoms with Gasteiger partial charge in [0, 0.05) is 5.54 Å². The molecule has 0 aliphatic heterocycles. The van der Waals surface area contributed by atoms with E-state index in [0.29, 0.717) is 6.04 Å². The molecular formula is C18H32N2O. The number of rotatable bonds is 9. The second-order valence-electron chi connectivity index (χ2n) is 5.65. The molecule has 0 saturated carbocycles. The zero-order valence-electron chi connectivity index (χ0n) is 14.6. The average molecular weight is 292 g/mol. The van der Waals surface area contributed by atoms with Crippen molar-refractivity contribution in [3.63, 3.8) is 0 Å². The summed E-state index contributed by atoms with van der Waals surface area (Å²) in [5, 5.41) is 3.69. The zero-order valence-corrected chi connectivity index (χ0v) is 14.6. The van der Waals surface area contributed by atoms with Crippen LogP contribution in [0.25, 0.3) is 0 Å². The molecule has 0 saturated heterocycles. The third-order valence-corrected chi connectivity index (χ3v) is 4.68. The molecule has 0 spiro atoms. The van der Waals surface area contributed by atoms with E-state index in [9.17, 15) is 0 Å². The molecule has 0 heterocycles. The molecule has 3 nitrogen and oxygen atoms in total. The Balaban J connectivity index is 3.17. The minimum atomic E-state index is 0.105. The second kappa shape index (κ2) is 8.40. The lowest BCUT2D eigenvalue weighted by atomic mass is 9.82. The monoisotopic (exact) mass is 292 g/mol. The lowest BCUT2D eigenvalue weighted by Gasteiger charge is -2.46. The van der Waals surface area contributed by atoms with Crippen LogP contribution in [0.5, 0.6) is 5.75 Å². The van der Waals surface area contributed by atoms with E-state index < -0.39 is 0 Å². The summed E-state index contributed by atoms with van der Waals surface area (Å²) in [5.74, 6) is 0.912. The summed E-state index contributed by atoms with van der Waals surface area (Å²) in [6.45, 7) is 14.4. The van der Waals surface area contributed by atoms with Gasteiger partial charge in [-0.05, 0) is 50.7 Å². The molecule has 0 fully saturated rings. The van der Waals surface area contributed by atoms with Gasteiger partial charge < -0.3 is 10.1 Å². The van der Waals surface area contributed by atoms with E-state index in [0.717, 1.165) is 31.8 Å². The predicted molar refractivity (Wildman–Crippen MR) is 91.0 cm³/mol. The van der Waals surface area contributed by atoms with Crippen LogP contribution in [0.1, 0.15) is 52.6 Å². The van der Waals surface area contributed by atoms with E-state index in [-0.39, 0.29) is 5.54 Å². The Bertz CT molecular complexity index is 400. The summed E-state index contributed by atoms with van der Waals surface area (Å²) in [6, 6.07) is 8.79. The number of ether oxygens (including phenoxy) is 1. The molecule has 1 rings (SSSR count). The molecule has 2 atom stereocenters. The molecule has 1 N–H and O–H groups in total. The maximum atomic E-state index is 5.28. The molecule has 0 aliphatic carbocycles. The van der Waals surface area contributed by atoms with Gasteiger partial charge in [0.2, 0.25) is 0 Å². The number of benzene rings is 1. The molecule has 3 heteroatoms. The summed E-state index contributed by atoms with van der Waals surface area (Å²) in [7, 11) is 1.71. The molecule has 21 heavy (non-hydrogen) atoms. The highest BCUT2D eigenvalue weighted by Gasteiger charge is 2.37. The summed E-state index contributed by atoms with van der Waals surface area (Å²) >= 11 is 0. The first kappa shape index (κ1) is 18.0. The maximum Gasteiger partial charge on any atom is 0.118 e.